The highest BCUT2D eigenvalue weighted by atomic mass is 32.1. The van der Waals surface area contributed by atoms with Gasteiger partial charge in [-0.25, -0.2) is 14.8 Å². The minimum atomic E-state index is -0.573. The van der Waals surface area contributed by atoms with Crippen LogP contribution in [0, 0.1) is 11.3 Å². The molecular weight excluding hydrogens is 695 g/mol. The molecule has 0 N–H and O–H groups in total. The average molecular weight is 748 g/mol. The topological polar surface area (TPSA) is 123 Å². The van der Waals surface area contributed by atoms with Crippen molar-refractivity contribution < 1.29 is 14.3 Å². The lowest BCUT2D eigenvalue weighted by Gasteiger charge is -2.44. The van der Waals surface area contributed by atoms with E-state index < -0.39 is 11.0 Å². The second kappa shape index (κ2) is 14.9. The summed E-state index contributed by atoms with van der Waals surface area (Å²) in [6.07, 6.45) is 6.48. The van der Waals surface area contributed by atoms with Gasteiger partial charge in [-0.05, 0) is 110 Å². The fourth-order valence-corrected chi connectivity index (χ4v) is 10.1. The minimum absolute atomic E-state index is 0.0668. The molecule has 1 aliphatic carbocycles. The molecular formula is C38H53N9O3S2. The van der Waals surface area contributed by atoms with Crippen molar-refractivity contribution in [2.75, 3.05) is 45.7 Å². The Morgan fingerprint density at radius 3 is 2.56 bits per heavy atom. The van der Waals surface area contributed by atoms with Crippen LogP contribution >= 0.6 is 22.9 Å². The number of hydrogen-bond acceptors (Lipinski definition) is 12. The van der Waals surface area contributed by atoms with Gasteiger partial charge in [0.2, 0.25) is 5.88 Å². The van der Waals surface area contributed by atoms with Crippen molar-refractivity contribution in [2.45, 2.75) is 116 Å². The SMILES string of the molecule is C[C@H](Oc1cc(N2C[C@@H](C)N(C(=O)OC(C)(C)C)[C@@H](C)C2)nc(-c2cc([C@@]3(C)CCCc4sc(N=CN(C)C)c(C#N)c43)sn2)n1)[C@@H]1CCCN1C. The van der Waals surface area contributed by atoms with Crippen LogP contribution in [0.1, 0.15) is 95.0 Å². The van der Waals surface area contributed by atoms with E-state index in [9.17, 15) is 10.1 Å². The van der Waals surface area contributed by atoms with E-state index in [0.29, 0.717) is 42.1 Å². The summed E-state index contributed by atoms with van der Waals surface area (Å²) in [6, 6.07) is 6.62. The first kappa shape index (κ1) is 37.9. The van der Waals surface area contributed by atoms with Crippen LogP contribution in [0.3, 0.4) is 0 Å². The largest absolute Gasteiger partial charge is 0.473 e. The number of thiophene rings is 1. The van der Waals surface area contributed by atoms with Crippen LogP contribution in [-0.2, 0) is 16.6 Å². The number of hydrogen-bond donors (Lipinski definition) is 0. The van der Waals surface area contributed by atoms with Crippen LogP contribution in [-0.4, -0.2) is 112 Å². The first-order valence-corrected chi connectivity index (χ1v) is 19.9. The fraction of sp³-hybridized carbons (Fsp3) is 0.632. The first-order chi connectivity index (χ1) is 24.6. The average Bonchev–Trinajstić information content (AvgIpc) is 3.81. The van der Waals surface area contributed by atoms with E-state index in [4.69, 9.17) is 23.8 Å². The highest BCUT2D eigenvalue weighted by Gasteiger charge is 2.41. The monoisotopic (exact) mass is 747 g/mol. The number of nitriles is 1. The highest BCUT2D eigenvalue weighted by molar-refractivity contribution is 7.16. The Morgan fingerprint density at radius 1 is 1.19 bits per heavy atom. The number of carbonyl (C=O) groups excluding carboxylic acids is 1. The number of rotatable bonds is 8. The number of piperazine rings is 1. The molecule has 2 aliphatic heterocycles. The maximum absolute atomic E-state index is 13.2. The van der Waals surface area contributed by atoms with Crippen LogP contribution in [0.4, 0.5) is 15.6 Å². The molecule has 0 unspecified atom stereocenters. The van der Waals surface area contributed by atoms with E-state index in [-0.39, 0.29) is 24.3 Å². The molecule has 14 heteroatoms. The molecule has 3 aliphatic rings. The number of ether oxygens (including phenoxy) is 2. The number of nitrogens with zero attached hydrogens (tertiary/aromatic N) is 9. The molecule has 0 aromatic carbocycles. The summed E-state index contributed by atoms with van der Waals surface area (Å²) in [5, 5.41) is 11.1. The summed E-state index contributed by atoms with van der Waals surface area (Å²) >= 11 is 3.07. The highest BCUT2D eigenvalue weighted by Crippen LogP contribution is 2.51. The van der Waals surface area contributed by atoms with Gasteiger partial charge in [0, 0.05) is 54.5 Å². The maximum atomic E-state index is 13.2. The molecule has 3 aromatic heterocycles. The third-order valence-electron chi connectivity index (χ3n) is 10.4. The molecule has 0 spiro atoms. The van der Waals surface area contributed by atoms with Crippen LogP contribution in [0.2, 0.25) is 0 Å². The lowest BCUT2D eigenvalue weighted by molar-refractivity contribution is 0.00558. The van der Waals surface area contributed by atoms with Gasteiger partial charge in [0.15, 0.2) is 5.82 Å². The predicted molar refractivity (Wildman–Crippen MR) is 208 cm³/mol. The lowest BCUT2D eigenvalue weighted by Crippen LogP contribution is -2.59. The summed E-state index contributed by atoms with van der Waals surface area (Å²) in [4.78, 5) is 38.5. The summed E-state index contributed by atoms with van der Waals surface area (Å²) in [5.41, 5.74) is 1.45. The number of aryl methyl sites for hydroxylation is 1. The van der Waals surface area contributed by atoms with Crippen LogP contribution < -0.4 is 9.64 Å². The summed E-state index contributed by atoms with van der Waals surface area (Å²) < 4.78 is 17.3. The van der Waals surface area contributed by atoms with Crippen molar-refractivity contribution in [2.24, 2.45) is 4.99 Å². The van der Waals surface area contributed by atoms with Gasteiger partial charge in [-0.15, -0.1) is 11.3 Å². The zero-order valence-corrected chi connectivity index (χ0v) is 33.9. The van der Waals surface area contributed by atoms with Gasteiger partial charge in [-0.2, -0.15) is 14.6 Å². The molecule has 5 atom stereocenters. The molecule has 5 heterocycles. The molecule has 2 fully saturated rings. The van der Waals surface area contributed by atoms with Crippen molar-refractivity contribution in [3.63, 3.8) is 0 Å². The Bertz CT molecular complexity index is 1830. The van der Waals surface area contributed by atoms with E-state index in [0.717, 1.165) is 59.9 Å². The zero-order chi connectivity index (χ0) is 37.5. The number of likely N-dealkylation sites (tertiary alicyclic amines) is 1. The molecule has 0 saturated carbocycles. The minimum Gasteiger partial charge on any atom is -0.473 e. The van der Waals surface area contributed by atoms with Gasteiger partial charge >= 0.3 is 6.09 Å². The molecule has 3 aromatic rings. The predicted octanol–water partition coefficient (Wildman–Crippen LogP) is 7.09. The Balaban J connectivity index is 1.35. The number of amides is 1. The Morgan fingerprint density at radius 2 is 1.92 bits per heavy atom. The molecule has 52 heavy (non-hydrogen) atoms. The third-order valence-corrected chi connectivity index (χ3v) is 12.6. The fourth-order valence-electron chi connectivity index (χ4n) is 7.93. The molecule has 1 amide bonds. The van der Waals surface area contributed by atoms with Crippen molar-refractivity contribution in [3.05, 3.63) is 33.0 Å². The van der Waals surface area contributed by atoms with Crippen molar-refractivity contribution >= 4 is 46.1 Å². The third kappa shape index (κ3) is 7.77. The van der Waals surface area contributed by atoms with Gasteiger partial charge in [-0.3, -0.25) is 9.80 Å². The van der Waals surface area contributed by atoms with E-state index in [2.05, 4.69) is 47.8 Å². The zero-order valence-electron chi connectivity index (χ0n) is 32.3. The smallest absolute Gasteiger partial charge is 0.410 e. The number of aliphatic imine (C=N–C) groups is 1. The first-order valence-electron chi connectivity index (χ1n) is 18.3. The molecule has 6 rings (SSSR count). The second-order valence-electron chi connectivity index (χ2n) is 16.1. The number of likely N-dealkylation sites (N-methyl/N-ethyl adjacent to an activating group) is 1. The molecule has 12 nitrogen and oxygen atoms in total. The van der Waals surface area contributed by atoms with Gasteiger partial charge in [-0.1, -0.05) is 6.92 Å². The standard InChI is InChI=1S/C38H53N9O3S2/c1-23-20-46(21-24(2)47(23)36(48)50-37(4,5)6)31-18-32(49-25(3)28-13-12-16-45(28)10)42-34(41-31)27-17-30(52-43-27)38(7)15-11-14-29-33(38)26(19-39)35(51-29)40-22-44(8)9/h17-18,22-25,28H,11-16,20-21H2,1-10H3/t23-,24+,25-,28-,38+/m0/s1. The maximum Gasteiger partial charge on any atom is 0.410 e. The van der Waals surface area contributed by atoms with E-state index >= 15 is 0 Å². The molecule has 0 bridgehead atoms. The van der Waals surface area contributed by atoms with Crippen molar-refractivity contribution in [1.29, 1.82) is 5.26 Å². The summed E-state index contributed by atoms with van der Waals surface area (Å²) in [5.74, 6) is 1.75. The Labute approximate surface area is 316 Å². The number of carbonyl (C=O) groups is 1. The molecule has 0 radical (unpaired) electrons. The van der Waals surface area contributed by atoms with Gasteiger partial charge in [0.1, 0.15) is 34.3 Å². The van der Waals surface area contributed by atoms with Crippen LogP contribution in [0.25, 0.3) is 11.5 Å². The van der Waals surface area contributed by atoms with E-state index in [1.165, 1.54) is 16.4 Å². The van der Waals surface area contributed by atoms with Crippen LogP contribution in [0.5, 0.6) is 5.88 Å². The molecule has 280 valence electrons. The number of aromatic nitrogens is 3. The number of anilines is 1. The van der Waals surface area contributed by atoms with Gasteiger partial charge < -0.3 is 19.3 Å². The van der Waals surface area contributed by atoms with Crippen molar-refractivity contribution in [3.8, 4) is 23.5 Å². The van der Waals surface area contributed by atoms with E-state index in [1.54, 1.807) is 17.7 Å². The Kier molecular flexibility index (Phi) is 10.9. The normalized spacial score (nSPS) is 24.5. The summed E-state index contributed by atoms with van der Waals surface area (Å²) in [6.45, 7) is 16.3. The quantitative estimate of drug-likeness (QED) is 0.174. The second-order valence-corrected chi connectivity index (χ2v) is 17.9. The van der Waals surface area contributed by atoms with Gasteiger partial charge in [0.25, 0.3) is 0 Å². The van der Waals surface area contributed by atoms with Crippen molar-refractivity contribution in [1.82, 2.24) is 29.0 Å². The lowest BCUT2D eigenvalue weighted by atomic mass is 9.71. The number of fused-ring (bicyclic) bond motifs is 1. The molecule has 2 saturated heterocycles. The Hall–Kier alpha value is -3.80. The van der Waals surface area contributed by atoms with Crippen LogP contribution in [0.15, 0.2) is 17.1 Å². The van der Waals surface area contributed by atoms with Gasteiger partial charge in [0.05, 0.1) is 24.0 Å². The summed E-state index contributed by atoms with van der Waals surface area (Å²) in [7, 11) is 6.01. The van der Waals surface area contributed by atoms with E-state index in [1.807, 2.05) is 64.6 Å².